The van der Waals surface area contributed by atoms with Gasteiger partial charge in [0.1, 0.15) is 0 Å². The Balaban J connectivity index is 5.84. The molecule has 0 amide bonds. The highest BCUT2D eigenvalue weighted by molar-refractivity contribution is 5.73. The molecule has 121 heavy (non-hydrogen) atoms. The first-order valence-corrected chi connectivity index (χ1v) is 55.0. The van der Waals surface area contributed by atoms with E-state index in [1.807, 2.05) is 0 Å². The molecule has 12 nitrogen and oxygen atoms in total. The summed E-state index contributed by atoms with van der Waals surface area (Å²) in [7, 11) is 0. The van der Waals surface area contributed by atoms with Crippen LogP contribution in [0.3, 0.4) is 0 Å². The van der Waals surface area contributed by atoms with Gasteiger partial charge in [0, 0.05) is 13.2 Å². The monoisotopic (exact) mass is 1710 g/mol. The molecule has 0 spiro atoms. The van der Waals surface area contributed by atoms with Gasteiger partial charge in [0.05, 0.1) is 50.1 Å². The quantitative estimate of drug-likeness (QED) is 0.0353. The Morgan fingerprint density at radius 3 is 0.479 bits per heavy atom. The Morgan fingerprint density at radius 1 is 0.174 bits per heavy atom. The number of esters is 4. The van der Waals surface area contributed by atoms with Gasteiger partial charge in [0.2, 0.25) is 0 Å². The molecule has 0 saturated heterocycles. The first-order valence-electron chi connectivity index (χ1n) is 55.0. The minimum absolute atomic E-state index is 0.0720. The molecule has 4 atom stereocenters. The predicted octanol–water partition coefficient (Wildman–Crippen LogP) is 32.5. The summed E-state index contributed by atoms with van der Waals surface area (Å²) >= 11 is 0. The van der Waals surface area contributed by atoms with E-state index in [0.29, 0.717) is 26.4 Å². The average molecular weight is 1710 g/mol. The standard InChI is InChI=1S/C109H215N3O9/c1-9-17-25-33-49-65-84-102(80-61-29-21-13-5)106(114)118-98-73-57-45-37-41-53-69-88-110(89-70-54-42-38-46-58-74-99-119-107(115)103(81-62-30-22-14-6)85-66-50-34-26-18-10-2)92-77-94-112(96-79-97-113)95-78-93-111(90-71-55-43-39-47-59-75-100-120-108(116)104(82-63-31-23-15-7)86-67-51-35-27-19-11-3)91-72-56-44-40-48-60-76-101-121-109(117)105(83-64-32-24-16-8)87-68-52-36-28-20-12-4/h102-105,113H,9-101H2,1-8H3. The molecule has 0 aromatic carbocycles. The zero-order chi connectivity index (χ0) is 87.9. The van der Waals surface area contributed by atoms with E-state index in [-0.39, 0.29) is 54.2 Å². The van der Waals surface area contributed by atoms with Gasteiger partial charge in [-0.3, -0.25) is 19.2 Å². The second-order valence-electron chi connectivity index (χ2n) is 38.3. The Labute approximate surface area is 755 Å². The minimum Gasteiger partial charge on any atom is -0.465 e. The van der Waals surface area contributed by atoms with Crippen molar-refractivity contribution < 1.29 is 43.2 Å². The molecule has 0 radical (unpaired) electrons. The SMILES string of the molecule is CCCCCCCCC(CCCCCC)C(=O)OCCCCCCCCCN(CCCCCCCCCOC(=O)C(CCCCCC)CCCCCCCC)CCCN(CCCO)CCCN(CCCCCCCCCOC(=O)C(CCCCCC)CCCCCCCC)CCCCCCCCCOC(=O)C(CCCCCC)CCCCCCCC. The lowest BCUT2D eigenvalue weighted by Gasteiger charge is -2.27. The van der Waals surface area contributed by atoms with E-state index in [0.717, 1.165) is 206 Å². The Kier molecular flexibility index (Phi) is 96.5. The number of aliphatic hydroxyl groups is 1. The van der Waals surface area contributed by atoms with Crippen molar-refractivity contribution in [2.24, 2.45) is 23.7 Å². The smallest absolute Gasteiger partial charge is 0.308 e. The van der Waals surface area contributed by atoms with Gasteiger partial charge in [-0.1, -0.05) is 441 Å². The van der Waals surface area contributed by atoms with Crippen LogP contribution in [0.25, 0.3) is 0 Å². The molecule has 0 saturated carbocycles. The lowest BCUT2D eigenvalue weighted by atomic mass is 9.94. The van der Waals surface area contributed by atoms with Crippen LogP contribution in [0.1, 0.15) is 563 Å². The number of carbonyl (C=O) groups is 4. The third kappa shape index (κ3) is 83.1. The normalized spacial score (nSPS) is 12.8. The van der Waals surface area contributed by atoms with Crippen molar-refractivity contribution in [3.05, 3.63) is 0 Å². The maximum Gasteiger partial charge on any atom is 0.308 e. The summed E-state index contributed by atoms with van der Waals surface area (Å²) in [6.45, 7) is 30.8. The molecule has 0 aliphatic heterocycles. The molecule has 12 heteroatoms. The van der Waals surface area contributed by atoms with Crippen molar-refractivity contribution in [2.45, 2.75) is 563 Å². The number of nitrogens with zero attached hydrogens (tertiary/aromatic N) is 3. The highest BCUT2D eigenvalue weighted by atomic mass is 16.5. The summed E-state index contributed by atoms with van der Waals surface area (Å²) < 4.78 is 23.9. The first-order chi connectivity index (χ1) is 59.6. The van der Waals surface area contributed by atoms with Crippen molar-refractivity contribution in [3.63, 3.8) is 0 Å². The van der Waals surface area contributed by atoms with Crippen molar-refractivity contribution in [1.82, 2.24) is 14.7 Å². The Morgan fingerprint density at radius 2 is 0.306 bits per heavy atom. The van der Waals surface area contributed by atoms with Crippen LogP contribution in [0.4, 0.5) is 0 Å². The van der Waals surface area contributed by atoms with Crippen LogP contribution < -0.4 is 0 Å². The number of hydrogen-bond donors (Lipinski definition) is 1. The van der Waals surface area contributed by atoms with E-state index in [1.165, 1.54) is 360 Å². The highest BCUT2D eigenvalue weighted by Crippen LogP contribution is 2.27. The summed E-state index contributed by atoms with van der Waals surface area (Å²) in [5, 5.41) is 10.2. The summed E-state index contributed by atoms with van der Waals surface area (Å²) in [5.74, 6) is 0.621. The van der Waals surface area contributed by atoms with Crippen molar-refractivity contribution in [2.75, 3.05) is 91.9 Å². The summed E-state index contributed by atoms with van der Waals surface area (Å²) in [6.07, 6.45) is 94.5. The zero-order valence-corrected chi connectivity index (χ0v) is 83.1. The van der Waals surface area contributed by atoms with E-state index < -0.39 is 0 Å². The van der Waals surface area contributed by atoms with Crippen LogP contribution in [0, 0.1) is 23.7 Å². The molecular formula is C109H215N3O9. The molecular weight excluding hydrogens is 1500 g/mol. The van der Waals surface area contributed by atoms with E-state index in [1.54, 1.807) is 0 Å². The molecule has 4 unspecified atom stereocenters. The van der Waals surface area contributed by atoms with Gasteiger partial charge in [0.25, 0.3) is 0 Å². The first kappa shape index (κ1) is 119. The topological polar surface area (TPSA) is 135 Å². The van der Waals surface area contributed by atoms with Gasteiger partial charge in [-0.2, -0.15) is 0 Å². The van der Waals surface area contributed by atoms with Crippen LogP contribution in [-0.4, -0.2) is 136 Å². The van der Waals surface area contributed by atoms with Crippen molar-refractivity contribution in [1.29, 1.82) is 0 Å². The fourth-order valence-electron chi connectivity index (χ4n) is 18.3. The lowest BCUT2D eigenvalue weighted by Crippen LogP contribution is -2.35. The fourth-order valence-corrected chi connectivity index (χ4v) is 18.3. The van der Waals surface area contributed by atoms with Gasteiger partial charge >= 0.3 is 23.9 Å². The number of hydrogen-bond acceptors (Lipinski definition) is 12. The Bertz CT molecular complexity index is 1810. The van der Waals surface area contributed by atoms with Crippen LogP contribution >= 0.6 is 0 Å². The predicted molar refractivity (Wildman–Crippen MR) is 524 cm³/mol. The van der Waals surface area contributed by atoms with Crippen LogP contribution in [0.2, 0.25) is 0 Å². The van der Waals surface area contributed by atoms with Crippen molar-refractivity contribution in [3.8, 4) is 0 Å². The molecule has 1 N–H and O–H groups in total. The van der Waals surface area contributed by atoms with E-state index >= 15 is 0 Å². The number of unbranched alkanes of at least 4 members (excludes halogenated alkanes) is 56. The van der Waals surface area contributed by atoms with Gasteiger partial charge in [-0.05, 0) is 174 Å². The summed E-state index contributed by atoms with van der Waals surface area (Å²) in [5.41, 5.74) is 0. The molecule has 0 fully saturated rings. The summed E-state index contributed by atoms with van der Waals surface area (Å²) in [4.78, 5) is 61.6. The van der Waals surface area contributed by atoms with Crippen LogP contribution in [0.5, 0.6) is 0 Å². The van der Waals surface area contributed by atoms with Gasteiger partial charge in [0.15, 0.2) is 0 Å². The number of rotatable bonds is 103. The van der Waals surface area contributed by atoms with E-state index in [4.69, 9.17) is 18.9 Å². The maximum absolute atomic E-state index is 13.3. The minimum atomic E-state index is 0.0720. The number of ether oxygens (including phenoxy) is 4. The van der Waals surface area contributed by atoms with E-state index in [2.05, 4.69) is 70.1 Å². The van der Waals surface area contributed by atoms with Gasteiger partial charge in [-0.25, -0.2) is 0 Å². The summed E-state index contributed by atoms with van der Waals surface area (Å²) in [6, 6.07) is 0. The van der Waals surface area contributed by atoms with Crippen LogP contribution in [-0.2, 0) is 38.1 Å². The second kappa shape index (κ2) is 98.3. The van der Waals surface area contributed by atoms with Gasteiger partial charge in [-0.15, -0.1) is 0 Å². The molecule has 0 aliphatic carbocycles. The maximum atomic E-state index is 13.3. The largest absolute Gasteiger partial charge is 0.465 e. The van der Waals surface area contributed by atoms with Crippen LogP contribution in [0.15, 0.2) is 0 Å². The highest BCUT2D eigenvalue weighted by Gasteiger charge is 2.24. The fraction of sp³-hybridized carbons (Fsp3) is 0.963. The molecule has 720 valence electrons. The lowest BCUT2D eigenvalue weighted by molar-refractivity contribution is -0.150. The van der Waals surface area contributed by atoms with Gasteiger partial charge < -0.3 is 38.8 Å². The molecule has 0 rings (SSSR count). The average Bonchev–Trinajstić information content (AvgIpc) is 0.958. The molecule has 0 aliphatic rings. The van der Waals surface area contributed by atoms with Crippen molar-refractivity contribution >= 4 is 23.9 Å². The molecule has 0 heterocycles. The molecule has 0 aromatic heterocycles. The van der Waals surface area contributed by atoms with E-state index in [9.17, 15) is 24.3 Å². The number of carbonyl (C=O) groups excluding carboxylic acids is 4. The second-order valence-corrected chi connectivity index (χ2v) is 38.3. The number of aliphatic hydroxyl groups excluding tert-OH is 1. The zero-order valence-electron chi connectivity index (χ0n) is 83.1. The Hall–Kier alpha value is -2.28. The third-order valence-electron chi connectivity index (χ3n) is 26.6. The molecule has 0 bridgehead atoms. The molecule has 0 aromatic rings. The third-order valence-corrected chi connectivity index (χ3v) is 26.6.